The Labute approximate surface area is 111 Å². The van der Waals surface area contributed by atoms with E-state index in [1.54, 1.807) is 0 Å². The van der Waals surface area contributed by atoms with Crippen LogP contribution in [0.4, 0.5) is 5.69 Å². The van der Waals surface area contributed by atoms with Crippen LogP contribution in [0.3, 0.4) is 0 Å². The zero-order chi connectivity index (χ0) is 12.5. The lowest BCUT2D eigenvalue weighted by molar-refractivity contribution is -0.119. The summed E-state index contributed by atoms with van der Waals surface area (Å²) < 4.78 is 1.03. The summed E-state index contributed by atoms with van der Waals surface area (Å²) in [5.74, 6) is 0.0454. The van der Waals surface area contributed by atoms with Gasteiger partial charge in [-0.1, -0.05) is 35.7 Å². The minimum Gasteiger partial charge on any atom is -0.376 e. The Kier molecular flexibility index (Phi) is 6.70. The first kappa shape index (κ1) is 14.0. The number of hydrogen-bond acceptors (Lipinski definition) is 2. The summed E-state index contributed by atoms with van der Waals surface area (Å²) in [4.78, 5) is 11.5. The third-order valence-electron chi connectivity index (χ3n) is 2.40. The number of hydrogen-bond donors (Lipinski definition) is 2. The summed E-state index contributed by atoms with van der Waals surface area (Å²) in [6.07, 6.45) is 3.40. The largest absolute Gasteiger partial charge is 0.376 e. The molecule has 1 aromatic rings. The highest BCUT2D eigenvalue weighted by molar-refractivity contribution is 9.10. The van der Waals surface area contributed by atoms with Crippen LogP contribution in [0.15, 0.2) is 28.7 Å². The van der Waals surface area contributed by atoms with Crippen molar-refractivity contribution in [3.8, 4) is 0 Å². The van der Waals surface area contributed by atoms with Crippen LogP contribution in [-0.4, -0.2) is 19.0 Å². The van der Waals surface area contributed by atoms with E-state index in [1.165, 1.54) is 12.8 Å². The van der Waals surface area contributed by atoms with E-state index < -0.39 is 0 Å². The van der Waals surface area contributed by atoms with Gasteiger partial charge in [0.2, 0.25) is 5.91 Å². The predicted molar refractivity (Wildman–Crippen MR) is 75.2 cm³/mol. The topological polar surface area (TPSA) is 41.1 Å². The Morgan fingerprint density at radius 1 is 1.24 bits per heavy atom. The molecule has 0 heterocycles. The maximum Gasteiger partial charge on any atom is 0.239 e. The van der Waals surface area contributed by atoms with E-state index in [0.29, 0.717) is 6.54 Å². The van der Waals surface area contributed by atoms with Crippen LogP contribution in [0.1, 0.15) is 26.2 Å². The van der Waals surface area contributed by atoms with Crippen molar-refractivity contribution in [2.45, 2.75) is 26.2 Å². The van der Waals surface area contributed by atoms with Gasteiger partial charge in [0, 0.05) is 16.7 Å². The molecule has 0 saturated heterocycles. The van der Waals surface area contributed by atoms with Gasteiger partial charge in [0.25, 0.3) is 0 Å². The third-order valence-corrected chi connectivity index (χ3v) is 2.93. The molecule has 0 aliphatic carbocycles. The molecule has 3 nitrogen and oxygen atoms in total. The van der Waals surface area contributed by atoms with Gasteiger partial charge in [0.1, 0.15) is 0 Å². The molecule has 0 spiro atoms. The number of rotatable bonds is 7. The molecule has 0 radical (unpaired) electrons. The molecule has 1 amide bonds. The van der Waals surface area contributed by atoms with Gasteiger partial charge in [0.05, 0.1) is 6.54 Å². The Morgan fingerprint density at radius 3 is 2.59 bits per heavy atom. The van der Waals surface area contributed by atoms with E-state index >= 15 is 0 Å². The summed E-state index contributed by atoms with van der Waals surface area (Å²) in [6, 6.07) is 7.77. The van der Waals surface area contributed by atoms with Crippen LogP contribution in [0.2, 0.25) is 0 Å². The zero-order valence-electron chi connectivity index (χ0n) is 10.1. The van der Waals surface area contributed by atoms with Crippen LogP contribution >= 0.6 is 15.9 Å². The van der Waals surface area contributed by atoms with Gasteiger partial charge in [-0.05, 0) is 30.7 Å². The van der Waals surface area contributed by atoms with E-state index in [-0.39, 0.29) is 5.91 Å². The molecule has 0 bridgehead atoms. The second kappa shape index (κ2) is 8.12. The number of unbranched alkanes of at least 4 members (excludes halogenated alkanes) is 2. The second-order valence-corrected chi connectivity index (χ2v) is 4.83. The van der Waals surface area contributed by atoms with Crippen molar-refractivity contribution in [3.05, 3.63) is 28.7 Å². The Hall–Kier alpha value is -1.03. The van der Waals surface area contributed by atoms with Gasteiger partial charge in [-0.2, -0.15) is 0 Å². The maximum atomic E-state index is 11.5. The zero-order valence-corrected chi connectivity index (χ0v) is 11.7. The number of carbonyl (C=O) groups excluding carboxylic acids is 1. The van der Waals surface area contributed by atoms with Gasteiger partial charge in [-0.15, -0.1) is 0 Å². The predicted octanol–water partition coefficient (Wildman–Crippen LogP) is 3.17. The number of carbonyl (C=O) groups is 1. The average Bonchev–Trinajstić information content (AvgIpc) is 2.34. The van der Waals surface area contributed by atoms with Crippen LogP contribution < -0.4 is 10.6 Å². The number of benzene rings is 1. The Balaban J connectivity index is 2.17. The summed E-state index contributed by atoms with van der Waals surface area (Å²) in [5.41, 5.74) is 0.955. The van der Waals surface area contributed by atoms with E-state index in [9.17, 15) is 4.79 Å². The lowest BCUT2D eigenvalue weighted by Gasteiger charge is -2.07. The van der Waals surface area contributed by atoms with Crippen LogP contribution in [-0.2, 0) is 4.79 Å². The number of nitrogens with one attached hydrogen (secondary N) is 2. The fraction of sp³-hybridized carbons (Fsp3) is 0.462. The van der Waals surface area contributed by atoms with E-state index in [4.69, 9.17) is 0 Å². The molecule has 0 saturated carbocycles. The van der Waals surface area contributed by atoms with Crippen molar-refractivity contribution in [1.82, 2.24) is 5.32 Å². The molecule has 1 aromatic carbocycles. The third kappa shape index (κ3) is 6.31. The molecule has 0 aliphatic heterocycles. The van der Waals surface area contributed by atoms with Gasteiger partial charge < -0.3 is 10.6 Å². The van der Waals surface area contributed by atoms with Crippen molar-refractivity contribution in [3.63, 3.8) is 0 Å². The Morgan fingerprint density at radius 2 is 1.94 bits per heavy atom. The highest BCUT2D eigenvalue weighted by atomic mass is 79.9. The average molecular weight is 299 g/mol. The molecular weight excluding hydrogens is 280 g/mol. The number of halogens is 1. The number of amides is 1. The van der Waals surface area contributed by atoms with Crippen LogP contribution in [0.25, 0.3) is 0 Å². The van der Waals surface area contributed by atoms with Gasteiger partial charge in [-0.3, -0.25) is 4.79 Å². The number of anilines is 1. The molecular formula is C13H19BrN2O. The first-order valence-corrected chi connectivity index (χ1v) is 6.78. The van der Waals surface area contributed by atoms with Crippen molar-refractivity contribution >= 4 is 27.5 Å². The van der Waals surface area contributed by atoms with E-state index in [2.05, 4.69) is 33.5 Å². The fourth-order valence-corrected chi connectivity index (χ4v) is 1.68. The van der Waals surface area contributed by atoms with Gasteiger partial charge in [0.15, 0.2) is 0 Å². The SMILES string of the molecule is CCCCCNC(=O)CNc1ccc(Br)cc1. The molecule has 0 aromatic heterocycles. The molecule has 17 heavy (non-hydrogen) atoms. The van der Waals surface area contributed by atoms with Crippen molar-refractivity contribution in [2.75, 3.05) is 18.4 Å². The van der Waals surface area contributed by atoms with Gasteiger partial charge >= 0.3 is 0 Å². The Bertz CT molecular complexity index is 338. The van der Waals surface area contributed by atoms with E-state index in [0.717, 1.165) is 23.1 Å². The minimum absolute atomic E-state index is 0.0454. The smallest absolute Gasteiger partial charge is 0.239 e. The molecule has 0 atom stereocenters. The highest BCUT2D eigenvalue weighted by Crippen LogP contribution is 2.13. The van der Waals surface area contributed by atoms with Crippen molar-refractivity contribution < 1.29 is 4.79 Å². The maximum absolute atomic E-state index is 11.5. The lowest BCUT2D eigenvalue weighted by atomic mass is 10.2. The van der Waals surface area contributed by atoms with Gasteiger partial charge in [-0.25, -0.2) is 0 Å². The normalized spacial score (nSPS) is 10.0. The monoisotopic (exact) mass is 298 g/mol. The standard InChI is InChI=1S/C13H19BrN2O/c1-2-3-4-9-15-13(17)10-16-12-7-5-11(14)6-8-12/h5-8,16H,2-4,9-10H2,1H3,(H,15,17). The summed E-state index contributed by atoms with van der Waals surface area (Å²) in [5, 5.41) is 5.97. The van der Waals surface area contributed by atoms with Crippen LogP contribution in [0.5, 0.6) is 0 Å². The molecule has 0 fully saturated rings. The first-order chi connectivity index (χ1) is 8.22. The lowest BCUT2D eigenvalue weighted by Crippen LogP contribution is -2.30. The fourth-order valence-electron chi connectivity index (χ4n) is 1.42. The molecule has 2 N–H and O–H groups in total. The molecule has 1 rings (SSSR count). The minimum atomic E-state index is 0.0454. The molecule has 0 unspecified atom stereocenters. The first-order valence-electron chi connectivity index (χ1n) is 5.98. The summed E-state index contributed by atoms with van der Waals surface area (Å²) in [7, 11) is 0. The second-order valence-electron chi connectivity index (χ2n) is 3.92. The van der Waals surface area contributed by atoms with Crippen molar-refractivity contribution in [1.29, 1.82) is 0 Å². The molecule has 4 heteroatoms. The quantitative estimate of drug-likeness (QED) is 0.759. The van der Waals surface area contributed by atoms with Crippen LogP contribution in [0, 0.1) is 0 Å². The molecule has 0 aliphatic rings. The summed E-state index contributed by atoms with van der Waals surface area (Å²) in [6.45, 7) is 3.25. The van der Waals surface area contributed by atoms with E-state index in [1.807, 2.05) is 24.3 Å². The van der Waals surface area contributed by atoms with Crippen molar-refractivity contribution in [2.24, 2.45) is 0 Å². The highest BCUT2D eigenvalue weighted by Gasteiger charge is 1.99. The summed E-state index contributed by atoms with van der Waals surface area (Å²) >= 11 is 3.37. The molecule has 94 valence electrons.